The summed E-state index contributed by atoms with van der Waals surface area (Å²) in [5.74, 6) is 0.799. The number of hydrogen-bond donors (Lipinski definition) is 1. The molecule has 1 aromatic carbocycles. The lowest BCUT2D eigenvalue weighted by molar-refractivity contribution is 0.0654. The van der Waals surface area contributed by atoms with Crippen molar-refractivity contribution in [1.29, 1.82) is 0 Å². The van der Waals surface area contributed by atoms with E-state index in [0.717, 1.165) is 12.5 Å². The average molecular weight is 258 g/mol. The number of nitrogens with two attached hydrogens (primary N) is 1. The third-order valence-electron chi connectivity index (χ3n) is 5.23. The van der Waals surface area contributed by atoms with Gasteiger partial charge in [-0.15, -0.1) is 0 Å². The van der Waals surface area contributed by atoms with Crippen LogP contribution >= 0.6 is 0 Å². The highest BCUT2D eigenvalue weighted by Gasteiger charge is 2.45. The van der Waals surface area contributed by atoms with Crippen molar-refractivity contribution in [1.82, 2.24) is 4.90 Å². The van der Waals surface area contributed by atoms with Crippen LogP contribution in [-0.2, 0) is 12.0 Å². The van der Waals surface area contributed by atoms with Crippen LogP contribution in [0.5, 0.6) is 0 Å². The molecule has 0 radical (unpaired) electrons. The van der Waals surface area contributed by atoms with Gasteiger partial charge in [-0.1, -0.05) is 31.2 Å². The molecule has 0 aromatic heterocycles. The van der Waals surface area contributed by atoms with E-state index < -0.39 is 0 Å². The smallest absolute Gasteiger partial charge is 0.0588 e. The van der Waals surface area contributed by atoms with Gasteiger partial charge in [0.1, 0.15) is 0 Å². The third-order valence-corrected chi connectivity index (χ3v) is 5.23. The molecule has 1 aromatic rings. The van der Waals surface area contributed by atoms with E-state index in [1.54, 1.807) is 0 Å². The Labute approximate surface area is 117 Å². The largest absolute Gasteiger partial charge is 0.328 e. The summed E-state index contributed by atoms with van der Waals surface area (Å²) in [5.41, 5.74) is 9.42. The van der Waals surface area contributed by atoms with E-state index in [2.05, 4.69) is 43.0 Å². The summed E-state index contributed by atoms with van der Waals surface area (Å²) >= 11 is 0. The van der Waals surface area contributed by atoms with Crippen LogP contribution in [-0.4, -0.2) is 24.0 Å². The first-order chi connectivity index (χ1) is 9.17. The Morgan fingerprint density at radius 3 is 2.79 bits per heavy atom. The predicted molar refractivity (Wildman–Crippen MR) is 80.1 cm³/mol. The summed E-state index contributed by atoms with van der Waals surface area (Å²) in [7, 11) is 0. The first kappa shape index (κ1) is 13.1. The number of fused-ring (bicyclic) bond motifs is 1. The zero-order valence-corrected chi connectivity index (χ0v) is 12.2. The van der Waals surface area contributed by atoms with E-state index in [0.29, 0.717) is 6.04 Å². The SMILES string of the molecule is CC1CC(C)N(C2(CN)CCCc3ccccc32)C1. The zero-order valence-electron chi connectivity index (χ0n) is 12.2. The average Bonchev–Trinajstić information content (AvgIpc) is 2.77. The standard InChI is InChI=1S/C17H26N2/c1-13-10-14(2)19(11-13)17(12-18)9-5-7-15-6-3-4-8-16(15)17/h3-4,6,8,13-14H,5,7,9-12,18H2,1-2H3. The van der Waals surface area contributed by atoms with Gasteiger partial charge in [-0.2, -0.15) is 0 Å². The van der Waals surface area contributed by atoms with E-state index in [-0.39, 0.29) is 5.54 Å². The number of benzene rings is 1. The Morgan fingerprint density at radius 1 is 1.32 bits per heavy atom. The van der Waals surface area contributed by atoms with Crippen molar-refractivity contribution >= 4 is 0 Å². The highest BCUT2D eigenvalue weighted by molar-refractivity contribution is 5.37. The number of likely N-dealkylation sites (tertiary alicyclic amines) is 1. The second kappa shape index (κ2) is 4.92. The van der Waals surface area contributed by atoms with Crippen molar-refractivity contribution < 1.29 is 0 Å². The minimum Gasteiger partial charge on any atom is -0.328 e. The van der Waals surface area contributed by atoms with Crippen LogP contribution in [0.15, 0.2) is 24.3 Å². The van der Waals surface area contributed by atoms with Crippen LogP contribution in [0.2, 0.25) is 0 Å². The van der Waals surface area contributed by atoms with Crippen molar-refractivity contribution in [2.45, 2.75) is 51.1 Å². The van der Waals surface area contributed by atoms with Gasteiger partial charge in [0, 0.05) is 19.1 Å². The minimum absolute atomic E-state index is 0.0962. The van der Waals surface area contributed by atoms with E-state index >= 15 is 0 Å². The Hall–Kier alpha value is -0.860. The van der Waals surface area contributed by atoms with Crippen LogP contribution in [0.25, 0.3) is 0 Å². The van der Waals surface area contributed by atoms with Gasteiger partial charge in [-0.3, -0.25) is 4.90 Å². The van der Waals surface area contributed by atoms with Gasteiger partial charge in [0.2, 0.25) is 0 Å². The van der Waals surface area contributed by atoms with Crippen molar-refractivity contribution in [2.75, 3.05) is 13.1 Å². The molecule has 0 bridgehead atoms. The molecule has 0 spiro atoms. The maximum Gasteiger partial charge on any atom is 0.0588 e. The van der Waals surface area contributed by atoms with E-state index in [4.69, 9.17) is 5.73 Å². The fraction of sp³-hybridized carbons (Fsp3) is 0.647. The molecule has 2 nitrogen and oxygen atoms in total. The second-order valence-corrected chi connectivity index (χ2v) is 6.59. The topological polar surface area (TPSA) is 29.3 Å². The summed E-state index contributed by atoms with van der Waals surface area (Å²) in [6, 6.07) is 9.62. The molecule has 2 heteroatoms. The normalized spacial score (nSPS) is 35.3. The first-order valence-electron chi connectivity index (χ1n) is 7.72. The van der Waals surface area contributed by atoms with Gasteiger partial charge in [0.15, 0.2) is 0 Å². The Kier molecular flexibility index (Phi) is 3.40. The molecule has 1 fully saturated rings. The molecule has 1 aliphatic heterocycles. The summed E-state index contributed by atoms with van der Waals surface area (Å²) in [6.07, 6.45) is 5.02. The quantitative estimate of drug-likeness (QED) is 0.884. The molecule has 19 heavy (non-hydrogen) atoms. The summed E-state index contributed by atoms with van der Waals surface area (Å²) in [4.78, 5) is 2.70. The zero-order chi connectivity index (χ0) is 13.5. The first-order valence-corrected chi connectivity index (χ1v) is 7.72. The van der Waals surface area contributed by atoms with E-state index in [9.17, 15) is 0 Å². The van der Waals surface area contributed by atoms with Crippen molar-refractivity contribution in [3.8, 4) is 0 Å². The molecule has 3 unspecified atom stereocenters. The molecule has 1 aliphatic carbocycles. The summed E-state index contributed by atoms with van der Waals surface area (Å²) < 4.78 is 0. The Balaban J connectivity index is 2.05. The van der Waals surface area contributed by atoms with Gasteiger partial charge >= 0.3 is 0 Å². The van der Waals surface area contributed by atoms with Crippen molar-refractivity contribution in [2.24, 2.45) is 11.7 Å². The van der Waals surface area contributed by atoms with Crippen molar-refractivity contribution in [3.05, 3.63) is 35.4 Å². The lowest BCUT2D eigenvalue weighted by Gasteiger charge is -2.47. The summed E-state index contributed by atoms with van der Waals surface area (Å²) in [6.45, 7) is 6.70. The Bertz CT molecular complexity index is 456. The molecule has 0 amide bonds. The monoisotopic (exact) mass is 258 g/mol. The summed E-state index contributed by atoms with van der Waals surface area (Å²) in [5, 5.41) is 0. The maximum atomic E-state index is 6.30. The van der Waals surface area contributed by atoms with Gasteiger partial charge in [-0.05, 0) is 49.7 Å². The minimum atomic E-state index is 0.0962. The van der Waals surface area contributed by atoms with Crippen LogP contribution in [0.1, 0.15) is 44.2 Å². The van der Waals surface area contributed by atoms with E-state index in [1.165, 1.54) is 43.4 Å². The lowest BCUT2D eigenvalue weighted by Crippen LogP contribution is -2.54. The lowest BCUT2D eigenvalue weighted by atomic mass is 9.75. The second-order valence-electron chi connectivity index (χ2n) is 6.59. The maximum absolute atomic E-state index is 6.30. The van der Waals surface area contributed by atoms with Gasteiger partial charge < -0.3 is 5.73 Å². The molecule has 0 saturated carbocycles. The third kappa shape index (κ3) is 2.02. The van der Waals surface area contributed by atoms with Gasteiger partial charge in [0.05, 0.1) is 5.54 Å². The number of nitrogens with zero attached hydrogens (tertiary/aromatic N) is 1. The molecule has 2 aliphatic rings. The highest BCUT2D eigenvalue weighted by Crippen LogP contribution is 2.43. The molecule has 3 rings (SSSR count). The number of hydrogen-bond acceptors (Lipinski definition) is 2. The van der Waals surface area contributed by atoms with Crippen LogP contribution < -0.4 is 5.73 Å². The molecular weight excluding hydrogens is 232 g/mol. The fourth-order valence-electron chi connectivity index (χ4n) is 4.42. The van der Waals surface area contributed by atoms with Crippen LogP contribution in [0, 0.1) is 5.92 Å². The van der Waals surface area contributed by atoms with Crippen LogP contribution in [0.4, 0.5) is 0 Å². The molecule has 3 atom stereocenters. The molecule has 2 N–H and O–H groups in total. The van der Waals surface area contributed by atoms with E-state index in [1.807, 2.05) is 0 Å². The molecule has 1 saturated heterocycles. The molecule has 1 heterocycles. The fourth-order valence-corrected chi connectivity index (χ4v) is 4.42. The number of rotatable bonds is 2. The van der Waals surface area contributed by atoms with Crippen molar-refractivity contribution in [3.63, 3.8) is 0 Å². The Morgan fingerprint density at radius 2 is 2.11 bits per heavy atom. The number of aryl methyl sites for hydroxylation is 1. The predicted octanol–water partition coefficient (Wildman–Crippen LogP) is 2.91. The van der Waals surface area contributed by atoms with Gasteiger partial charge in [-0.25, -0.2) is 0 Å². The molecular formula is C17H26N2. The van der Waals surface area contributed by atoms with Crippen LogP contribution in [0.3, 0.4) is 0 Å². The molecule has 104 valence electrons. The van der Waals surface area contributed by atoms with Gasteiger partial charge in [0.25, 0.3) is 0 Å². The highest BCUT2D eigenvalue weighted by atomic mass is 15.3.